The number of fused-ring (bicyclic) bond motifs is 1. The predicted octanol–water partition coefficient (Wildman–Crippen LogP) is 2.10. The van der Waals surface area contributed by atoms with Gasteiger partial charge in [0.1, 0.15) is 12.4 Å². The topological polar surface area (TPSA) is 184 Å². The summed E-state index contributed by atoms with van der Waals surface area (Å²) in [5.74, 6) is -2.59. The standard InChI is InChI=1S/C25H34N3O9P/c1-14(2)9-16(11-21(29)20-12-17-18(27-20)5-4-6-23(17)36-3)25(32)28-19(10-15-7-8-26-24(15)31)22(30)13-37-38(33,34)35/h4-6,12,14-16,19,27H,7-11,13H2,1-3H3,(H,26,31)(H,28,32)(H2,33,34,35)/t15-,16+,19-/m0/s1. The summed E-state index contributed by atoms with van der Waals surface area (Å²) in [5.41, 5.74) is 1.03. The fraction of sp³-hybridized carbons (Fsp3) is 0.520. The number of benzene rings is 1. The fourth-order valence-electron chi connectivity index (χ4n) is 4.60. The van der Waals surface area contributed by atoms with Gasteiger partial charge in [0, 0.05) is 35.7 Å². The van der Waals surface area contributed by atoms with Gasteiger partial charge in [-0.3, -0.25) is 23.7 Å². The fourth-order valence-corrected chi connectivity index (χ4v) is 4.90. The summed E-state index contributed by atoms with van der Waals surface area (Å²) in [5, 5.41) is 6.01. The molecule has 1 aromatic heterocycles. The van der Waals surface area contributed by atoms with E-state index >= 15 is 0 Å². The first-order valence-electron chi connectivity index (χ1n) is 12.4. The van der Waals surface area contributed by atoms with Gasteiger partial charge in [-0.15, -0.1) is 0 Å². The van der Waals surface area contributed by atoms with Crippen molar-refractivity contribution >= 4 is 42.1 Å². The van der Waals surface area contributed by atoms with Gasteiger partial charge < -0.3 is 30.1 Å². The molecule has 0 spiro atoms. The number of H-pyrrole nitrogens is 1. The molecule has 1 aliphatic rings. The van der Waals surface area contributed by atoms with Crippen LogP contribution >= 0.6 is 7.82 Å². The number of phosphoric acid groups is 1. The van der Waals surface area contributed by atoms with Crippen molar-refractivity contribution in [3.05, 3.63) is 30.0 Å². The average Bonchev–Trinajstić information content (AvgIpc) is 3.46. The number of phosphoric ester groups is 1. The zero-order valence-electron chi connectivity index (χ0n) is 21.6. The van der Waals surface area contributed by atoms with Crippen molar-refractivity contribution in [1.82, 2.24) is 15.6 Å². The number of aromatic amines is 1. The highest BCUT2D eigenvalue weighted by atomic mass is 31.2. The number of methoxy groups -OCH3 is 1. The molecule has 1 aliphatic heterocycles. The second-order valence-electron chi connectivity index (χ2n) is 9.86. The highest BCUT2D eigenvalue weighted by Gasteiger charge is 2.34. The highest BCUT2D eigenvalue weighted by Crippen LogP contribution is 2.35. The summed E-state index contributed by atoms with van der Waals surface area (Å²) < 4.78 is 20.8. The van der Waals surface area contributed by atoms with Crippen LogP contribution in [-0.2, 0) is 23.5 Å². The second-order valence-corrected chi connectivity index (χ2v) is 11.1. The zero-order valence-corrected chi connectivity index (χ0v) is 22.5. The second kappa shape index (κ2) is 12.7. The molecular formula is C25H34N3O9P. The first-order valence-corrected chi connectivity index (χ1v) is 13.9. The van der Waals surface area contributed by atoms with Crippen LogP contribution in [0.1, 0.15) is 50.0 Å². The minimum absolute atomic E-state index is 0.0501. The molecule has 2 heterocycles. The molecule has 208 valence electrons. The molecule has 3 atom stereocenters. The van der Waals surface area contributed by atoms with Crippen molar-refractivity contribution in [2.45, 2.75) is 45.6 Å². The van der Waals surface area contributed by atoms with Gasteiger partial charge in [-0.2, -0.15) is 0 Å². The molecule has 13 heteroatoms. The largest absolute Gasteiger partial charge is 0.496 e. The van der Waals surface area contributed by atoms with E-state index in [1.54, 1.807) is 18.2 Å². The molecule has 0 radical (unpaired) electrons. The molecule has 1 aromatic carbocycles. The Balaban J connectivity index is 1.78. The summed E-state index contributed by atoms with van der Waals surface area (Å²) in [6, 6.07) is 5.83. The lowest BCUT2D eigenvalue weighted by Crippen LogP contribution is -2.47. The molecule has 0 unspecified atom stereocenters. The summed E-state index contributed by atoms with van der Waals surface area (Å²) in [7, 11) is -3.39. The van der Waals surface area contributed by atoms with Crippen molar-refractivity contribution in [3.63, 3.8) is 0 Å². The number of carbonyl (C=O) groups is 4. The molecule has 38 heavy (non-hydrogen) atoms. The molecule has 3 rings (SSSR count). The number of ketones is 2. The molecule has 0 bridgehead atoms. The van der Waals surface area contributed by atoms with Gasteiger partial charge in [0.05, 0.1) is 18.8 Å². The zero-order chi connectivity index (χ0) is 28.0. The smallest absolute Gasteiger partial charge is 0.470 e. The van der Waals surface area contributed by atoms with Crippen LogP contribution in [0.2, 0.25) is 0 Å². The van der Waals surface area contributed by atoms with Crippen LogP contribution in [0.5, 0.6) is 5.75 Å². The van der Waals surface area contributed by atoms with Gasteiger partial charge in [-0.25, -0.2) is 4.57 Å². The number of nitrogens with one attached hydrogen (secondary N) is 3. The van der Waals surface area contributed by atoms with E-state index in [0.29, 0.717) is 36.3 Å². The summed E-state index contributed by atoms with van der Waals surface area (Å²) in [4.78, 5) is 72.4. The van der Waals surface area contributed by atoms with Gasteiger partial charge >= 0.3 is 7.82 Å². The first-order chi connectivity index (χ1) is 17.9. The monoisotopic (exact) mass is 551 g/mol. The van der Waals surface area contributed by atoms with Crippen molar-refractivity contribution in [3.8, 4) is 5.75 Å². The third kappa shape index (κ3) is 7.97. The van der Waals surface area contributed by atoms with Gasteiger partial charge in [0.25, 0.3) is 0 Å². The Hall–Kier alpha value is -3.05. The van der Waals surface area contributed by atoms with E-state index in [1.807, 2.05) is 19.9 Å². The molecule has 0 aliphatic carbocycles. The van der Waals surface area contributed by atoms with E-state index in [2.05, 4.69) is 20.1 Å². The van der Waals surface area contributed by atoms with Crippen LogP contribution in [-0.4, -0.2) is 64.5 Å². The van der Waals surface area contributed by atoms with Crippen molar-refractivity contribution in [1.29, 1.82) is 0 Å². The Morgan fingerprint density at radius 1 is 1.24 bits per heavy atom. The lowest BCUT2D eigenvalue weighted by Gasteiger charge is -2.24. The van der Waals surface area contributed by atoms with Crippen LogP contribution in [0.3, 0.4) is 0 Å². The molecule has 2 aromatic rings. The van der Waals surface area contributed by atoms with Gasteiger partial charge in [-0.1, -0.05) is 19.9 Å². The SMILES string of the molecule is COc1cccc2[nH]c(C(=O)C[C@@H](CC(C)C)C(=O)N[C@@H](C[C@@H]3CCNC3=O)C(=O)COP(=O)(O)O)cc12. The van der Waals surface area contributed by atoms with E-state index in [-0.39, 0.29) is 30.4 Å². The van der Waals surface area contributed by atoms with Gasteiger partial charge in [0.15, 0.2) is 11.6 Å². The van der Waals surface area contributed by atoms with E-state index < -0.39 is 44.0 Å². The minimum Gasteiger partial charge on any atom is -0.496 e. The summed E-state index contributed by atoms with van der Waals surface area (Å²) in [6.45, 7) is 3.29. The quantitative estimate of drug-likeness (QED) is 0.173. The van der Waals surface area contributed by atoms with Crippen molar-refractivity contribution in [2.24, 2.45) is 17.8 Å². The molecular weight excluding hydrogens is 517 g/mol. The van der Waals surface area contributed by atoms with E-state index in [1.165, 1.54) is 7.11 Å². The van der Waals surface area contributed by atoms with Gasteiger partial charge in [0.2, 0.25) is 11.8 Å². The Labute approximate surface area is 220 Å². The number of Topliss-reactive ketones (excluding diaryl/α,β-unsaturated/α-hetero) is 2. The number of rotatable bonds is 14. The Morgan fingerprint density at radius 3 is 2.58 bits per heavy atom. The molecule has 1 saturated heterocycles. The molecule has 5 N–H and O–H groups in total. The van der Waals surface area contributed by atoms with Crippen LogP contribution in [0.4, 0.5) is 0 Å². The maximum absolute atomic E-state index is 13.3. The Kier molecular flexibility index (Phi) is 9.83. The Morgan fingerprint density at radius 2 is 1.97 bits per heavy atom. The lowest BCUT2D eigenvalue weighted by atomic mass is 9.89. The third-order valence-electron chi connectivity index (χ3n) is 6.47. The maximum atomic E-state index is 13.3. The summed E-state index contributed by atoms with van der Waals surface area (Å²) in [6.07, 6.45) is 0.620. The van der Waals surface area contributed by atoms with Crippen LogP contribution in [0.25, 0.3) is 10.9 Å². The lowest BCUT2D eigenvalue weighted by molar-refractivity contribution is -0.132. The summed E-state index contributed by atoms with van der Waals surface area (Å²) >= 11 is 0. The molecule has 1 fully saturated rings. The molecule has 2 amide bonds. The van der Waals surface area contributed by atoms with E-state index in [0.717, 1.165) is 5.39 Å². The van der Waals surface area contributed by atoms with Crippen LogP contribution in [0.15, 0.2) is 24.3 Å². The number of amides is 2. The number of aromatic nitrogens is 1. The first kappa shape index (κ1) is 29.5. The Bertz CT molecular complexity index is 1240. The van der Waals surface area contributed by atoms with Crippen molar-refractivity contribution < 1.29 is 42.8 Å². The maximum Gasteiger partial charge on any atom is 0.470 e. The van der Waals surface area contributed by atoms with Crippen LogP contribution < -0.4 is 15.4 Å². The number of hydrogen-bond acceptors (Lipinski definition) is 7. The van der Waals surface area contributed by atoms with Crippen molar-refractivity contribution in [2.75, 3.05) is 20.3 Å². The van der Waals surface area contributed by atoms with Crippen LogP contribution in [0, 0.1) is 17.8 Å². The predicted molar refractivity (Wildman–Crippen MR) is 137 cm³/mol. The highest BCUT2D eigenvalue weighted by molar-refractivity contribution is 7.46. The van der Waals surface area contributed by atoms with Gasteiger partial charge in [-0.05, 0) is 43.4 Å². The minimum atomic E-state index is -4.92. The van der Waals surface area contributed by atoms with E-state index in [9.17, 15) is 23.7 Å². The normalized spacial score (nSPS) is 17.3. The number of hydrogen-bond donors (Lipinski definition) is 5. The van der Waals surface area contributed by atoms with E-state index in [4.69, 9.17) is 14.5 Å². The third-order valence-corrected chi connectivity index (χ3v) is 6.93. The number of ether oxygens (including phenoxy) is 1. The number of carbonyl (C=O) groups excluding carboxylic acids is 4. The molecule has 12 nitrogen and oxygen atoms in total. The molecule has 0 saturated carbocycles. The average molecular weight is 552 g/mol.